The van der Waals surface area contributed by atoms with Crippen molar-refractivity contribution in [3.05, 3.63) is 35.1 Å². The molecule has 0 saturated heterocycles. The van der Waals surface area contributed by atoms with Gasteiger partial charge in [0.05, 0.1) is 11.1 Å². The molecule has 2 rings (SSSR count). The Kier molecular flexibility index (Phi) is 4.91. The molecule has 1 aromatic rings. The van der Waals surface area contributed by atoms with Gasteiger partial charge in [0.2, 0.25) is 0 Å². The van der Waals surface area contributed by atoms with Gasteiger partial charge in [-0.3, -0.25) is 4.79 Å². The highest BCUT2D eigenvalue weighted by atomic mass is 79.9. The van der Waals surface area contributed by atoms with E-state index in [9.17, 15) is 22.4 Å². The Balaban J connectivity index is 2.32. The van der Waals surface area contributed by atoms with Crippen molar-refractivity contribution in [3.63, 3.8) is 0 Å². The normalized spacial score (nSPS) is 15.7. The van der Waals surface area contributed by atoms with Crippen molar-refractivity contribution in [2.75, 3.05) is 11.9 Å². The summed E-state index contributed by atoms with van der Waals surface area (Å²) in [5.41, 5.74) is -1.53. The standard InChI is InChI=1S/C14H14BrF4NO/c15-6-7-20(10-2-1-3-10)13(21)11-8-9(14(17,18)19)4-5-12(11)16/h4-5,8,10H,1-3,6-7H2. The second-order valence-corrected chi connectivity index (χ2v) is 5.76. The maximum Gasteiger partial charge on any atom is 0.416 e. The van der Waals surface area contributed by atoms with Crippen LogP contribution in [0, 0.1) is 5.82 Å². The van der Waals surface area contributed by atoms with E-state index in [4.69, 9.17) is 0 Å². The fourth-order valence-corrected chi connectivity index (χ4v) is 2.64. The summed E-state index contributed by atoms with van der Waals surface area (Å²) in [5, 5.41) is 0.496. The Labute approximate surface area is 128 Å². The van der Waals surface area contributed by atoms with E-state index in [0.29, 0.717) is 30.1 Å². The maximum absolute atomic E-state index is 13.8. The van der Waals surface area contributed by atoms with Gasteiger partial charge in [0.1, 0.15) is 5.82 Å². The van der Waals surface area contributed by atoms with E-state index in [0.717, 1.165) is 19.3 Å². The maximum atomic E-state index is 13.8. The zero-order valence-electron chi connectivity index (χ0n) is 11.1. The minimum Gasteiger partial charge on any atom is -0.335 e. The van der Waals surface area contributed by atoms with Crippen LogP contribution in [-0.4, -0.2) is 28.7 Å². The van der Waals surface area contributed by atoms with Gasteiger partial charge in [-0.2, -0.15) is 13.2 Å². The van der Waals surface area contributed by atoms with E-state index < -0.39 is 29.0 Å². The molecule has 1 fully saturated rings. The number of carbonyl (C=O) groups is 1. The van der Waals surface area contributed by atoms with Gasteiger partial charge in [-0.15, -0.1) is 0 Å². The summed E-state index contributed by atoms with van der Waals surface area (Å²) in [6.07, 6.45) is -2.01. The van der Waals surface area contributed by atoms with Crippen LogP contribution in [0.2, 0.25) is 0 Å². The van der Waals surface area contributed by atoms with Crippen molar-refractivity contribution < 1.29 is 22.4 Å². The minimum absolute atomic E-state index is 0.0102. The molecule has 0 aliphatic heterocycles. The number of benzene rings is 1. The van der Waals surface area contributed by atoms with Gasteiger partial charge in [0, 0.05) is 17.9 Å². The number of hydrogen-bond donors (Lipinski definition) is 0. The number of nitrogens with zero attached hydrogens (tertiary/aromatic N) is 1. The molecular weight excluding hydrogens is 354 g/mol. The summed E-state index contributed by atoms with van der Waals surface area (Å²) >= 11 is 3.21. The summed E-state index contributed by atoms with van der Waals surface area (Å²) in [6, 6.07) is 1.93. The monoisotopic (exact) mass is 367 g/mol. The topological polar surface area (TPSA) is 20.3 Å². The Bertz CT molecular complexity index is 528. The zero-order valence-corrected chi connectivity index (χ0v) is 12.7. The molecule has 0 spiro atoms. The van der Waals surface area contributed by atoms with Crippen LogP contribution in [0.25, 0.3) is 0 Å². The molecule has 1 aliphatic carbocycles. The van der Waals surface area contributed by atoms with E-state index >= 15 is 0 Å². The second kappa shape index (κ2) is 6.34. The molecule has 7 heteroatoms. The van der Waals surface area contributed by atoms with Gasteiger partial charge in [-0.05, 0) is 37.5 Å². The van der Waals surface area contributed by atoms with Crippen molar-refractivity contribution in [2.45, 2.75) is 31.5 Å². The van der Waals surface area contributed by atoms with E-state index in [-0.39, 0.29) is 6.04 Å². The molecule has 116 valence electrons. The lowest BCUT2D eigenvalue weighted by atomic mass is 9.91. The number of hydrogen-bond acceptors (Lipinski definition) is 1. The molecule has 1 saturated carbocycles. The number of amides is 1. The van der Waals surface area contributed by atoms with Crippen LogP contribution in [-0.2, 0) is 6.18 Å². The average molecular weight is 368 g/mol. The third kappa shape index (κ3) is 3.56. The number of halogens is 5. The van der Waals surface area contributed by atoms with Gasteiger partial charge in [0.25, 0.3) is 5.91 Å². The number of rotatable bonds is 4. The zero-order chi connectivity index (χ0) is 15.6. The van der Waals surface area contributed by atoms with Crippen molar-refractivity contribution in [3.8, 4) is 0 Å². The largest absolute Gasteiger partial charge is 0.416 e. The van der Waals surface area contributed by atoms with Crippen LogP contribution in [0.3, 0.4) is 0 Å². The molecule has 0 N–H and O–H groups in total. The second-order valence-electron chi connectivity index (χ2n) is 4.96. The quantitative estimate of drug-likeness (QED) is 0.575. The van der Waals surface area contributed by atoms with Crippen LogP contribution < -0.4 is 0 Å². The van der Waals surface area contributed by atoms with Gasteiger partial charge < -0.3 is 4.90 Å². The van der Waals surface area contributed by atoms with Crippen LogP contribution in [0.5, 0.6) is 0 Å². The molecule has 1 aromatic carbocycles. The summed E-state index contributed by atoms with van der Waals surface area (Å²) < 4.78 is 51.8. The lowest BCUT2D eigenvalue weighted by Crippen LogP contribution is -2.45. The molecule has 0 bridgehead atoms. The van der Waals surface area contributed by atoms with Gasteiger partial charge >= 0.3 is 6.18 Å². The van der Waals surface area contributed by atoms with E-state index in [1.165, 1.54) is 4.90 Å². The molecule has 1 amide bonds. The van der Waals surface area contributed by atoms with Crippen molar-refractivity contribution in [2.24, 2.45) is 0 Å². The Morgan fingerprint density at radius 3 is 2.48 bits per heavy atom. The minimum atomic E-state index is -4.60. The van der Waals surface area contributed by atoms with Gasteiger partial charge in [-0.25, -0.2) is 4.39 Å². The summed E-state index contributed by atoms with van der Waals surface area (Å²) in [7, 11) is 0. The highest BCUT2D eigenvalue weighted by molar-refractivity contribution is 9.09. The fourth-order valence-electron chi connectivity index (χ4n) is 2.26. The third-order valence-electron chi connectivity index (χ3n) is 3.63. The highest BCUT2D eigenvalue weighted by Gasteiger charge is 2.34. The van der Waals surface area contributed by atoms with Crippen molar-refractivity contribution in [1.29, 1.82) is 0 Å². The predicted octanol–water partition coefficient (Wildman–Crippen LogP) is 4.23. The van der Waals surface area contributed by atoms with Crippen LogP contribution >= 0.6 is 15.9 Å². The van der Waals surface area contributed by atoms with E-state index in [1.54, 1.807) is 0 Å². The van der Waals surface area contributed by atoms with Gasteiger partial charge in [0.15, 0.2) is 0 Å². The molecule has 2 nitrogen and oxygen atoms in total. The number of alkyl halides is 4. The molecule has 0 radical (unpaired) electrons. The third-order valence-corrected chi connectivity index (χ3v) is 3.98. The fraction of sp³-hybridized carbons (Fsp3) is 0.500. The van der Waals surface area contributed by atoms with E-state index in [2.05, 4.69) is 15.9 Å². The molecule has 1 aliphatic rings. The molecule has 0 unspecified atom stereocenters. The lowest BCUT2D eigenvalue weighted by molar-refractivity contribution is -0.137. The predicted molar refractivity (Wildman–Crippen MR) is 73.9 cm³/mol. The lowest BCUT2D eigenvalue weighted by Gasteiger charge is -2.37. The van der Waals surface area contributed by atoms with Crippen molar-refractivity contribution >= 4 is 21.8 Å². The van der Waals surface area contributed by atoms with E-state index in [1.807, 2.05) is 0 Å². The number of carbonyl (C=O) groups excluding carboxylic acids is 1. The summed E-state index contributed by atoms with van der Waals surface area (Å²) in [4.78, 5) is 13.8. The summed E-state index contributed by atoms with van der Waals surface area (Å²) in [6.45, 7) is 0.346. The molecule has 21 heavy (non-hydrogen) atoms. The molecule has 0 aromatic heterocycles. The Morgan fingerprint density at radius 2 is 2.00 bits per heavy atom. The summed E-state index contributed by atoms with van der Waals surface area (Å²) in [5.74, 6) is -1.60. The molecular formula is C14H14BrF4NO. The highest BCUT2D eigenvalue weighted by Crippen LogP contribution is 2.32. The molecule has 0 heterocycles. The average Bonchev–Trinajstić information content (AvgIpc) is 2.34. The van der Waals surface area contributed by atoms with Crippen LogP contribution in [0.4, 0.5) is 17.6 Å². The first-order valence-corrected chi connectivity index (χ1v) is 7.70. The van der Waals surface area contributed by atoms with Crippen molar-refractivity contribution in [1.82, 2.24) is 4.90 Å². The Morgan fingerprint density at radius 1 is 1.33 bits per heavy atom. The first kappa shape index (κ1) is 16.3. The Hall–Kier alpha value is -1.11. The first-order chi connectivity index (χ1) is 9.84. The van der Waals surface area contributed by atoms with Gasteiger partial charge in [-0.1, -0.05) is 15.9 Å². The van der Waals surface area contributed by atoms with Crippen LogP contribution in [0.1, 0.15) is 35.2 Å². The SMILES string of the molecule is O=C(c1cc(C(F)(F)F)ccc1F)N(CCBr)C1CCC1. The smallest absolute Gasteiger partial charge is 0.335 e. The van der Waals surface area contributed by atoms with Crippen LogP contribution in [0.15, 0.2) is 18.2 Å². The molecule has 0 atom stereocenters. The first-order valence-electron chi connectivity index (χ1n) is 6.58.